The standard InChI is InChI=1S/C24H26N4/c1-13-17-11-24(25-12-17)16(4)23-10-9-22(28-23)15(3)21-8-7-20(27-21)14(2)19-6-5-18(13)26-19/h5-6,9-11,25-26,28H,7-8,12H2,1-4H3. The van der Waals surface area contributed by atoms with E-state index >= 15 is 0 Å². The van der Waals surface area contributed by atoms with Crippen molar-refractivity contribution in [1.82, 2.24) is 15.0 Å². The van der Waals surface area contributed by atoms with E-state index in [1.165, 1.54) is 55.9 Å². The Bertz CT molecular complexity index is 1070. The summed E-state index contributed by atoms with van der Waals surface area (Å²) in [6, 6.07) is 11.0. The predicted octanol–water partition coefficient (Wildman–Crippen LogP) is 5.55. The molecule has 0 unspecified atom stereocenters. The average molecular weight is 371 g/mol. The zero-order chi connectivity index (χ0) is 19.4. The lowest BCUT2D eigenvalue weighted by atomic mass is 10.1. The van der Waals surface area contributed by atoms with Crippen LogP contribution in [0.5, 0.6) is 0 Å². The molecule has 0 radical (unpaired) electrons. The van der Waals surface area contributed by atoms with Crippen LogP contribution in [0.1, 0.15) is 39.2 Å². The first-order valence-electron chi connectivity index (χ1n) is 10.0. The molecule has 3 aromatic heterocycles. The third-order valence-electron chi connectivity index (χ3n) is 6.40. The van der Waals surface area contributed by atoms with Gasteiger partial charge in [-0.05, 0) is 98.7 Å². The first-order valence-corrected chi connectivity index (χ1v) is 10.0. The Kier molecular flexibility index (Phi) is 3.83. The van der Waals surface area contributed by atoms with E-state index in [-0.39, 0.29) is 0 Å². The van der Waals surface area contributed by atoms with Gasteiger partial charge in [0, 0.05) is 45.7 Å². The molecule has 0 fully saturated rings. The SMILES string of the molecule is Cc1c2cc(c(C)c3ccc([nH]3)c(C)c3nc(c(C)c4ccc1[nH]4)CC3)NC2. The van der Waals surface area contributed by atoms with Crippen molar-refractivity contribution in [2.24, 2.45) is 0 Å². The predicted molar refractivity (Wildman–Crippen MR) is 117 cm³/mol. The molecule has 0 saturated carbocycles. The summed E-state index contributed by atoms with van der Waals surface area (Å²) in [6.45, 7) is 9.59. The fourth-order valence-electron chi connectivity index (χ4n) is 4.30. The van der Waals surface area contributed by atoms with Crippen LogP contribution in [0.25, 0.3) is 22.1 Å². The maximum Gasteiger partial charge on any atom is 0.0460 e. The Hall–Kier alpha value is -3.01. The van der Waals surface area contributed by atoms with E-state index in [1.807, 2.05) is 0 Å². The minimum atomic E-state index is 0.860. The zero-order valence-electron chi connectivity index (χ0n) is 17.0. The van der Waals surface area contributed by atoms with Gasteiger partial charge in [-0.3, -0.25) is 4.98 Å². The van der Waals surface area contributed by atoms with E-state index in [2.05, 4.69) is 73.3 Å². The van der Waals surface area contributed by atoms with Crippen molar-refractivity contribution in [3.8, 4) is 0 Å². The lowest BCUT2D eigenvalue weighted by Gasteiger charge is -2.00. The molecule has 3 aromatic rings. The molecule has 142 valence electrons. The number of H-pyrrole nitrogens is 2. The lowest BCUT2D eigenvalue weighted by Crippen LogP contribution is -1.93. The van der Waals surface area contributed by atoms with Crippen LogP contribution in [0.3, 0.4) is 0 Å². The van der Waals surface area contributed by atoms with Crippen LogP contribution >= 0.6 is 0 Å². The highest BCUT2D eigenvalue weighted by atomic mass is 14.9. The number of nitrogens with one attached hydrogen (secondary N) is 3. The van der Waals surface area contributed by atoms with Crippen molar-refractivity contribution in [1.29, 1.82) is 0 Å². The van der Waals surface area contributed by atoms with E-state index in [4.69, 9.17) is 4.98 Å². The molecule has 0 aromatic carbocycles. The summed E-state index contributed by atoms with van der Waals surface area (Å²) in [5.41, 5.74) is 14.6. The molecule has 3 N–H and O–H groups in total. The van der Waals surface area contributed by atoms with Crippen LogP contribution < -0.4 is 5.32 Å². The maximum atomic E-state index is 5.00. The lowest BCUT2D eigenvalue weighted by molar-refractivity contribution is 1.01. The summed E-state index contributed by atoms with van der Waals surface area (Å²) >= 11 is 0. The van der Waals surface area contributed by atoms with Crippen LogP contribution in [0, 0.1) is 27.7 Å². The summed E-state index contributed by atoms with van der Waals surface area (Å²) in [7, 11) is 0. The number of anilines is 1. The van der Waals surface area contributed by atoms with Gasteiger partial charge >= 0.3 is 0 Å². The molecule has 8 bridgehead atoms. The van der Waals surface area contributed by atoms with Crippen LogP contribution in [0.4, 0.5) is 5.69 Å². The van der Waals surface area contributed by atoms with Gasteiger partial charge in [-0.15, -0.1) is 0 Å². The molecular formula is C24H26N4. The Labute approximate surface area is 165 Å². The minimum Gasteiger partial charge on any atom is -0.381 e. The van der Waals surface area contributed by atoms with E-state index < -0.39 is 0 Å². The Morgan fingerprint density at radius 2 is 1.18 bits per heavy atom. The second kappa shape index (κ2) is 6.26. The fourth-order valence-corrected chi connectivity index (χ4v) is 4.30. The Morgan fingerprint density at radius 1 is 0.679 bits per heavy atom. The third kappa shape index (κ3) is 2.63. The van der Waals surface area contributed by atoms with Crippen molar-refractivity contribution < 1.29 is 0 Å². The molecule has 0 amide bonds. The van der Waals surface area contributed by atoms with E-state index in [0.29, 0.717) is 0 Å². The smallest absolute Gasteiger partial charge is 0.0460 e. The normalized spacial score (nSPS) is 13.6. The Balaban J connectivity index is 1.94. The van der Waals surface area contributed by atoms with Crippen LogP contribution in [0.2, 0.25) is 0 Å². The highest BCUT2D eigenvalue weighted by molar-refractivity contribution is 5.74. The molecule has 0 atom stereocenters. The number of aromatic nitrogens is 3. The van der Waals surface area contributed by atoms with Crippen LogP contribution in [-0.2, 0) is 19.4 Å². The van der Waals surface area contributed by atoms with Crippen molar-refractivity contribution in [2.75, 3.05) is 5.32 Å². The highest BCUT2D eigenvalue weighted by Gasteiger charge is 2.14. The second-order valence-electron chi connectivity index (χ2n) is 8.01. The van der Waals surface area contributed by atoms with Gasteiger partial charge in [0.1, 0.15) is 0 Å². The largest absolute Gasteiger partial charge is 0.381 e. The minimum absolute atomic E-state index is 0.860. The van der Waals surface area contributed by atoms with Crippen molar-refractivity contribution in [3.63, 3.8) is 0 Å². The number of nitrogens with zero attached hydrogens (tertiary/aromatic N) is 1. The molecule has 5 heterocycles. The third-order valence-corrected chi connectivity index (χ3v) is 6.40. The number of hydrogen-bond donors (Lipinski definition) is 3. The molecule has 5 rings (SSSR count). The molecule has 4 heteroatoms. The molecule has 2 aliphatic rings. The zero-order valence-corrected chi connectivity index (χ0v) is 17.0. The highest BCUT2D eigenvalue weighted by Crippen LogP contribution is 2.28. The van der Waals surface area contributed by atoms with Crippen LogP contribution in [0.15, 0.2) is 30.3 Å². The van der Waals surface area contributed by atoms with Gasteiger partial charge in [0.15, 0.2) is 0 Å². The van der Waals surface area contributed by atoms with Gasteiger partial charge in [0.25, 0.3) is 0 Å². The van der Waals surface area contributed by atoms with Gasteiger partial charge in [-0.1, -0.05) is 0 Å². The van der Waals surface area contributed by atoms with Gasteiger partial charge in [-0.2, -0.15) is 0 Å². The summed E-state index contributed by atoms with van der Waals surface area (Å²) in [5.74, 6) is 0. The summed E-state index contributed by atoms with van der Waals surface area (Å²) in [4.78, 5) is 12.2. The van der Waals surface area contributed by atoms with Gasteiger partial charge in [-0.25, -0.2) is 0 Å². The van der Waals surface area contributed by atoms with Crippen molar-refractivity contribution >= 4 is 27.8 Å². The van der Waals surface area contributed by atoms with E-state index in [0.717, 1.165) is 30.4 Å². The number of rotatable bonds is 0. The van der Waals surface area contributed by atoms with Crippen molar-refractivity contribution in [3.05, 3.63) is 69.5 Å². The van der Waals surface area contributed by atoms with Gasteiger partial charge < -0.3 is 15.3 Å². The summed E-state index contributed by atoms with van der Waals surface area (Å²) in [6.07, 6.45) is 2.00. The molecule has 0 saturated heterocycles. The molecule has 28 heavy (non-hydrogen) atoms. The molecule has 4 nitrogen and oxygen atoms in total. The number of aryl methyl sites for hydroxylation is 6. The summed E-state index contributed by atoms with van der Waals surface area (Å²) < 4.78 is 0. The summed E-state index contributed by atoms with van der Waals surface area (Å²) in [5, 5.41) is 3.57. The number of aromatic amines is 2. The number of fused-ring (bicyclic) bond motifs is 8. The van der Waals surface area contributed by atoms with E-state index in [9.17, 15) is 0 Å². The number of hydrogen-bond acceptors (Lipinski definition) is 2. The van der Waals surface area contributed by atoms with Crippen molar-refractivity contribution in [2.45, 2.75) is 47.1 Å². The molecule has 0 aliphatic carbocycles. The van der Waals surface area contributed by atoms with Gasteiger partial charge in [0.05, 0.1) is 0 Å². The van der Waals surface area contributed by atoms with Crippen LogP contribution in [-0.4, -0.2) is 15.0 Å². The maximum absolute atomic E-state index is 5.00. The monoisotopic (exact) mass is 370 g/mol. The topological polar surface area (TPSA) is 56.5 Å². The molecule has 2 aliphatic heterocycles. The first kappa shape index (κ1) is 17.1. The second-order valence-corrected chi connectivity index (χ2v) is 8.01. The quantitative estimate of drug-likeness (QED) is 0.486. The fraction of sp³-hybridized carbons (Fsp3) is 0.292. The first-order chi connectivity index (χ1) is 13.5. The van der Waals surface area contributed by atoms with E-state index in [1.54, 1.807) is 0 Å². The molecule has 0 spiro atoms. The Morgan fingerprint density at radius 3 is 1.75 bits per heavy atom. The van der Waals surface area contributed by atoms with Gasteiger partial charge in [0.2, 0.25) is 0 Å². The average Bonchev–Trinajstić information content (AvgIpc) is 3.49. The molecular weight excluding hydrogens is 344 g/mol.